The van der Waals surface area contributed by atoms with E-state index in [2.05, 4.69) is 5.32 Å². The van der Waals surface area contributed by atoms with Gasteiger partial charge in [-0.15, -0.1) is 0 Å². The van der Waals surface area contributed by atoms with Crippen LogP contribution in [0.1, 0.15) is 63.5 Å². The molecule has 1 saturated carbocycles. The monoisotopic (exact) mass is 398 g/mol. The first-order valence-corrected chi connectivity index (χ1v) is 10.1. The summed E-state index contributed by atoms with van der Waals surface area (Å²) in [6, 6.07) is 7.53. The first-order valence-electron chi connectivity index (χ1n) is 10.1. The fourth-order valence-corrected chi connectivity index (χ4v) is 3.42. The quantitative estimate of drug-likeness (QED) is 0.595. The molecule has 1 amide bonds. The Balaban J connectivity index is 1.83. The van der Waals surface area contributed by atoms with Crippen LogP contribution in [0.4, 0.5) is 19.3 Å². The number of halogens is 2. The summed E-state index contributed by atoms with van der Waals surface area (Å²) in [5.74, 6) is -2.54. The normalized spacial score (nSPS) is 17.8. The maximum absolute atomic E-state index is 13.4. The Morgan fingerprint density at radius 1 is 1.39 bits per heavy atom. The molecular weight excluding hydrogens is 366 g/mol. The summed E-state index contributed by atoms with van der Waals surface area (Å²) in [6.07, 6.45) is 1.71. The summed E-state index contributed by atoms with van der Waals surface area (Å²) in [4.78, 5) is 13.5. The van der Waals surface area contributed by atoms with Crippen LogP contribution in [0.2, 0.25) is 0 Å². The zero-order valence-corrected chi connectivity index (χ0v) is 16.8. The molecule has 0 aromatic heterocycles. The van der Waals surface area contributed by atoms with Gasteiger partial charge >= 0.3 is 6.09 Å². The van der Waals surface area contributed by atoms with Gasteiger partial charge in [0.25, 0.3) is 0 Å². The Morgan fingerprint density at radius 2 is 2.11 bits per heavy atom. The van der Waals surface area contributed by atoms with Crippen molar-refractivity contribution in [3.05, 3.63) is 29.8 Å². The van der Waals surface area contributed by atoms with Crippen LogP contribution >= 0.6 is 0 Å². The molecule has 1 atom stereocenters. The summed E-state index contributed by atoms with van der Waals surface area (Å²) < 4.78 is 31.8. The number of ether oxygens (including phenoxy) is 1. The van der Waals surface area contributed by atoms with Crippen LogP contribution in [0.5, 0.6) is 0 Å². The molecule has 1 aliphatic rings. The lowest BCUT2D eigenvalue weighted by Crippen LogP contribution is -2.38. The largest absolute Gasteiger partial charge is 0.449 e. The molecule has 2 rings (SSSR count). The SMILES string of the molecule is CCCCNC(=O)OCCC(O)c1cccc(N(C)C2CCC(F)(F)CC2)c1. The minimum atomic E-state index is -2.54. The second-order valence-corrected chi connectivity index (χ2v) is 7.51. The Hall–Kier alpha value is -1.89. The average molecular weight is 398 g/mol. The molecule has 1 unspecified atom stereocenters. The Bertz CT molecular complexity index is 617. The van der Waals surface area contributed by atoms with Gasteiger partial charge in [0, 0.05) is 44.6 Å². The van der Waals surface area contributed by atoms with E-state index in [1.54, 1.807) is 0 Å². The summed E-state index contributed by atoms with van der Waals surface area (Å²) in [7, 11) is 1.91. The van der Waals surface area contributed by atoms with Crippen molar-refractivity contribution >= 4 is 11.8 Å². The number of carbonyl (C=O) groups is 1. The van der Waals surface area contributed by atoms with Gasteiger partial charge in [-0.3, -0.25) is 0 Å². The molecule has 5 nitrogen and oxygen atoms in total. The van der Waals surface area contributed by atoms with Crippen molar-refractivity contribution in [3.63, 3.8) is 0 Å². The minimum Gasteiger partial charge on any atom is -0.449 e. The van der Waals surface area contributed by atoms with Crippen LogP contribution in [-0.4, -0.2) is 43.4 Å². The molecule has 2 N–H and O–H groups in total. The summed E-state index contributed by atoms with van der Waals surface area (Å²) in [6.45, 7) is 2.74. The Labute approximate surface area is 166 Å². The fourth-order valence-electron chi connectivity index (χ4n) is 3.42. The molecule has 0 heterocycles. The number of aliphatic hydroxyl groups is 1. The molecule has 0 spiro atoms. The number of nitrogens with zero attached hydrogens (tertiary/aromatic N) is 1. The van der Waals surface area contributed by atoms with Gasteiger partial charge in [-0.05, 0) is 37.0 Å². The molecule has 1 aromatic rings. The molecule has 0 radical (unpaired) electrons. The van der Waals surface area contributed by atoms with E-state index in [9.17, 15) is 18.7 Å². The molecule has 0 saturated heterocycles. The van der Waals surface area contributed by atoms with Crippen molar-refractivity contribution in [1.29, 1.82) is 0 Å². The molecule has 28 heavy (non-hydrogen) atoms. The van der Waals surface area contributed by atoms with E-state index >= 15 is 0 Å². The highest BCUT2D eigenvalue weighted by Crippen LogP contribution is 2.36. The number of rotatable bonds is 9. The van der Waals surface area contributed by atoms with Gasteiger partial charge in [-0.1, -0.05) is 25.5 Å². The fraction of sp³-hybridized carbons (Fsp3) is 0.667. The van der Waals surface area contributed by atoms with Crippen LogP contribution in [-0.2, 0) is 4.74 Å². The molecule has 1 fully saturated rings. The summed E-state index contributed by atoms with van der Waals surface area (Å²) in [5, 5.41) is 13.1. The van der Waals surface area contributed by atoms with Crippen molar-refractivity contribution in [2.75, 3.05) is 25.1 Å². The molecule has 1 aromatic carbocycles. The molecule has 7 heteroatoms. The third-order valence-corrected chi connectivity index (χ3v) is 5.32. The predicted molar refractivity (Wildman–Crippen MR) is 106 cm³/mol. The molecule has 0 bridgehead atoms. The number of benzene rings is 1. The van der Waals surface area contributed by atoms with E-state index in [4.69, 9.17) is 4.74 Å². The first kappa shape index (κ1) is 22.4. The zero-order valence-electron chi connectivity index (χ0n) is 16.8. The van der Waals surface area contributed by atoms with Crippen molar-refractivity contribution in [1.82, 2.24) is 5.32 Å². The topological polar surface area (TPSA) is 61.8 Å². The lowest BCUT2D eigenvalue weighted by atomic mass is 9.91. The zero-order chi connectivity index (χ0) is 20.6. The van der Waals surface area contributed by atoms with E-state index in [1.807, 2.05) is 43.1 Å². The minimum absolute atomic E-state index is 0.0715. The van der Waals surface area contributed by atoms with E-state index in [0.29, 0.717) is 25.8 Å². The average Bonchev–Trinajstić information content (AvgIpc) is 2.67. The van der Waals surface area contributed by atoms with E-state index in [1.165, 1.54) is 0 Å². The van der Waals surface area contributed by atoms with Crippen molar-refractivity contribution in [3.8, 4) is 0 Å². The van der Waals surface area contributed by atoms with Gasteiger partial charge < -0.3 is 20.1 Å². The van der Waals surface area contributed by atoms with Crippen LogP contribution < -0.4 is 10.2 Å². The smallest absolute Gasteiger partial charge is 0.407 e. The van der Waals surface area contributed by atoms with Gasteiger partial charge in [0.05, 0.1) is 12.7 Å². The third kappa shape index (κ3) is 6.93. The second-order valence-electron chi connectivity index (χ2n) is 7.51. The predicted octanol–water partition coefficient (Wildman–Crippen LogP) is 4.65. The van der Waals surface area contributed by atoms with Crippen LogP contribution in [0.15, 0.2) is 24.3 Å². The van der Waals surface area contributed by atoms with Gasteiger partial charge in [-0.25, -0.2) is 13.6 Å². The number of alkyl carbamates (subject to hydrolysis) is 1. The standard InChI is InChI=1S/C21H32F2N2O3/c1-3-4-13-24-20(27)28-14-10-19(26)16-6-5-7-18(15-16)25(2)17-8-11-21(22,23)12-9-17/h5-7,15,17,19,26H,3-4,8-14H2,1-2H3,(H,24,27). The van der Waals surface area contributed by atoms with Crippen molar-refractivity contribution in [2.24, 2.45) is 0 Å². The van der Waals surface area contributed by atoms with E-state index in [0.717, 1.165) is 24.1 Å². The molecular formula is C21H32F2N2O3. The van der Waals surface area contributed by atoms with Gasteiger partial charge in [0.15, 0.2) is 0 Å². The number of hydrogen-bond donors (Lipinski definition) is 2. The maximum Gasteiger partial charge on any atom is 0.407 e. The maximum atomic E-state index is 13.4. The number of unbranched alkanes of at least 4 members (excludes halogenated alkanes) is 1. The number of alkyl halides is 2. The lowest BCUT2D eigenvalue weighted by Gasteiger charge is -2.36. The molecule has 158 valence electrons. The highest BCUT2D eigenvalue weighted by atomic mass is 19.3. The summed E-state index contributed by atoms with van der Waals surface area (Å²) in [5.41, 5.74) is 1.62. The number of aliphatic hydroxyl groups excluding tert-OH is 1. The van der Waals surface area contributed by atoms with Gasteiger partial charge in [0.1, 0.15) is 0 Å². The van der Waals surface area contributed by atoms with Gasteiger partial charge in [-0.2, -0.15) is 0 Å². The summed E-state index contributed by atoms with van der Waals surface area (Å²) >= 11 is 0. The second kappa shape index (κ2) is 10.6. The van der Waals surface area contributed by atoms with Crippen LogP contribution in [0, 0.1) is 0 Å². The molecule has 0 aliphatic heterocycles. The number of carbonyl (C=O) groups excluding carboxylic acids is 1. The Morgan fingerprint density at radius 3 is 2.79 bits per heavy atom. The third-order valence-electron chi connectivity index (χ3n) is 5.32. The van der Waals surface area contributed by atoms with Crippen molar-refractivity contribution in [2.45, 2.75) is 69.9 Å². The highest BCUT2D eigenvalue weighted by Gasteiger charge is 2.36. The number of amides is 1. The number of anilines is 1. The number of hydrogen-bond acceptors (Lipinski definition) is 4. The van der Waals surface area contributed by atoms with Crippen molar-refractivity contribution < 1.29 is 23.4 Å². The van der Waals surface area contributed by atoms with E-state index < -0.39 is 18.1 Å². The highest BCUT2D eigenvalue weighted by molar-refractivity contribution is 5.67. The van der Waals surface area contributed by atoms with Gasteiger partial charge in [0.2, 0.25) is 5.92 Å². The number of nitrogens with one attached hydrogen (secondary N) is 1. The van der Waals surface area contributed by atoms with Crippen LogP contribution in [0.3, 0.4) is 0 Å². The first-order chi connectivity index (χ1) is 13.3. The lowest BCUT2D eigenvalue weighted by molar-refractivity contribution is -0.0378. The Kier molecular flexibility index (Phi) is 8.48. The molecule has 1 aliphatic carbocycles. The van der Waals surface area contributed by atoms with E-state index in [-0.39, 0.29) is 25.5 Å². The van der Waals surface area contributed by atoms with Crippen LogP contribution in [0.25, 0.3) is 0 Å².